The van der Waals surface area contributed by atoms with Gasteiger partial charge in [-0.25, -0.2) is 0 Å². The van der Waals surface area contributed by atoms with E-state index in [0.29, 0.717) is 18.8 Å². The molecular formula is C10H14BrN3O2. The number of ether oxygens (including phenoxy) is 1. The maximum atomic E-state index is 12.1. The molecule has 1 fully saturated rings. The lowest BCUT2D eigenvalue weighted by Crippen LogP contribution is -2.49. The van der Waals surface area contributed by atoms with Crippen molar-refractivity contribution in [2.75, 3.05) is 18.4 Å². The Bertz CT molecular complexity index is 355. The number of aromatic amines is 1. The van der Waals surface area contributed by atoms with Gasteiger partial charge in [-0.05, 0) is 13.0 Å². The van der Waals surface area contributed by atoms with Crippen LogP contribution in [-0.4, -0.2) is 51.6 Å². The number of morpholine rings is 1. The molecule has 2 atom stereocenters. The van der Waals surface area contributed by atoms with Gasteiger partial charge in [-0.1, -0.05) is 15.9 Å². The lowest BCUT2D eigenvalue weighted by atomic mass is 10.2. The monoisotopic (exact) mass is 287 g/mol. The number of H-pyrrole nitrogens is 1. The predicted octanol–water partition coefficient (Wildman–Crippen LogP) is 1.03. The first-order chi connectivity index (χ1) is 7.70. The van der Waals surface area contributed by atoms with Gasteiger partial charge in [0.15, 0.2) is 0 Å². The fourth-order valence-electron chi connectivity index (χ4n) is 1.84. The molecule has 6 heteroatoms. The largest absolute Gasteiger partial charge is 0.371 e. The molecule has 0 spiro atoms. The van der Waals surface area contributed by atoms with Gasteiger partial charge in [0.25, 0.3) is 5.91 Å². The van der Waals surface area contributed by atoms with Crippen LogP contribution in [0, 0.1) is 0 Å². The normalized spacial score (nSPS) is 25.8. The average molecular weight is 288 g/mol. The summed E-state index contributed by atoms with van der Waals surface area (Å²) in [7, 11) is 0. The number of halogens is 1. The van der Waals surface area contributed by atoms with Crippen molar-refractivity contribution < 1.29 is 9.53 Å². The Morgan fingerprint density at radius 2 is 2.56 bits per heavy atom. The Balaban J connectivity index is 2.06. The van der Waals surface area contributed by atoms with Crippen molar-refractivity contribution in [3.63, 3.8) is 0 Å². The zero-order valence-electron chi connectivity index (χ0n) is 9.02. The summed E-state index contributed by atoms with van der Waals surface area (Å²) in [6, 6.07) is 1.69. The van der Waals surface area contributed by atoms with E-state index in [4.69, 9.17) is 4.74 Å². The molecule has 0 radical (unpaired) electrons. The number of aromatic nitrogens is 2. The molecule has 0 aromatic carbocycles. The van der Waals surface area contributed by atoms with Crippen LogP contribution in [-0.2, 0) is 4.74 Å². The van der Waals surface area contributed by atoms with Crippen molar-refractivity contribution in [1.29, 1.82) is 0 Å². The van der Waals surface area contributed by atoms with E-state index >= 15 is 0 Å². The van der Waals surface area contributed by atoms with Crippen LogP contribution in [0.3, 0.4) is 0 Å². The number of hydrogen-bond acceptors (Lipinski definition) is 3. The Labute approximate surface area is 102 Å². The number of rotatable bonds is 2. The molecule has 5 nitrogen and oxygen atoms in total. The topological polar surface area (TPSA) is 58.2 Å². The summed E-state index contributed by atoms with van der Waals surface area (Å²) in [6.45, 7) is 3.22. The third kappa shape index (κ3) is 2.44. The Kier molecular flexibility index (Phi) is 3.60. The molecule has 1 saturated heterocycles. The second-order valence-electron chi connectivity index (χ2n) is 3.90. The van der Waals surface area contributed by atoms with Crippen LogP contribution in [0.25, 0.3) is 0 Å². The minimum Gasteiger partial charge on any atom is -0.371 e. The van der Waals surface area contributed by atoms with Gasteiger partial charge in [0.05, 0.1) is 12.2 Å². The van der Waals surface area contributed by atoms with Gasteiger partial charge in [0.1, 0.15) is 5.69 Å². The molecule has 1 amide bonds. The smallest absolute Gasteiger partial charge is 0.272 e. The summed E-state index contributed by atoms with van der Waals surface area (Å²) in [6.07, 6.45) is 1.72. The van der Waals surface area contributed by atoms with Crippen molar-refractivity contribution in [2.24, 2.45) is 0 Å². The Morgan fingerprint density at radius 3 is 3.19 bits per heavy atom. The molecule has 0 saturated carbocycles. The third-order valence-corrected chi connectivity index (χ3v) is 3.24. The van der Waals surface area contributed by atoms with Gasteiger partial charge in [0, 0.05) is 24.6 Å². The number of hydrogen-bond donors (Lipinski definition) is 1. The summed E-state index contributed by atoms with van der Waals surface area (Å²) in [5.41, 5.74) is 0.530. The molecule has 0 aliphatic carbocycles. The van der Waals surface area contributed by atoms with E-state index < -0.39 is 0 Å². The number of nitrogens with one attached hydrogen (secondary N) is 1. The number of nitrogens with zero attached hydrogens (tertiary/aromatic N) is 2. The van der Waals surface area contributed by atoms with Gasteiger partial charge < -0.3 is 9.64 Å². The molecule has 1 aliphatic heterocycles. The molecule has 2 heterocycles. The van der Waals surface area contributed by atoms with Gasteiger partial charge in [-0.2, -0.15) is 5.10 Å². The first kappa shape index (κ1) is 11.6. The second-order valence-corrected chi connectivity index (χ2v) is 4.55. The molecule has 0 bridgehead atoms. The van der Waals surface area contributed by atoms with Gasteiger partial charge in [-0.15, -0.1) is 0 Å². The molecule has 2 unspecified atom stereocenters. The fraction of sp³-hybridized carbons (Fsp3) is 0.600. The molecule has 1 aromatic heterocycles. The minimum absolute atomic E-state index is 0.0152. The zero-order chi connectivity index (χ0) is 11.5. The van der Waals surface area contributed by atoms with E-state index in [2.05, 4.69) is 26.1 Å². The van der Waals surface area contributed by atoms with Crippen LogP contribution in [0.2, 0.25) is 0 Å². The summed E-state index contributed by atoms with van der Waals surface area (Å²) in [5, 5.41) is 7.21. The van der Waals surface area contributed by atoms with Crippen molar-refractivity contribution in [3.8, 4) is 0 Å². The van der Waals surface area contributed by atoms with E-state index in [0.717, 1.165) is 5.33 Å². The molecule has 16 heavy (non-hydrogen) atoms. The summed E-state index contributed by atoms with van der Waals surface area (Å²) >= 11 is 3.38. The summed E-state index contributed by atoms with van der Waals surface area (Å²) in [4.78, 5) is 13.9. The SMILES string of the molecule is CC1CN(C(=O)c2ccn[nH]2)CC(CBr)O1. The van der Waals surface area contributed by atoms with E-state index in [-0.39, 0.29) is 18.1 Å². The Hall–Kier alpha value is -0.880. The highest BCUT2D eigenvalue weighted by Gasteiger charge is 2.28. The van der Waals surface area contributed by atoms with Crippen molar-refractivity contribution >= 4 is 21.8 Å². The van der Waals surface area contributed by atoms with Crippen LogP contribution in [0.5, 0.6) is 0 Å². The van der Waals surface area contributed by atoms with Crippen LogP contribution >= 0.6 is 15.9 Å². The predicted molar refractivity (Wildman–Crippen MR) is 62.6 cm³/mol. The fourth-order valence-corrected chi connectivity index (χ4v) is 2.20. The van der Waals surface area contributed by atoms with Crippen molar-refractivity contribution in [2.45, 2.75) is 19.1 Å². The maximum Gasteiger partial charge on any atom is 0.272 e. The molecule has 2 rings (SSSR count). The van der Waals surface area contributed by atoms with Crippen molar-refractivity contribution in [3.05, 3.63) is 18.0 Å². The molecule has 1 aromatic rings. The second kappa shape index (κ2) is 4.97. The van der Waals surface area contributed by atoms with Gasteiger partial charge in [0.2, 0.25) is 0 Å². The zero-order valence-corrected chi connectivity index (χ0v) is 10.6. The highest BCUT2D eigenvalue weighted by atomic mass is 79.9. The third-order valence-electron chi connectivity index (χ3n) is 2.52. The lowest BCUT2D eigenvalue weighted by molar-refractivity contribution is -0.0561. The molecule has 1 N–H and O–H groups in total. The maximum absolute atomic E-state index is 12.1. The highest BCUT2D eigenvalue weighted by Crippen LogP contribution is 2.14. The number of alkyl halides is 1. The van der Waals surface area contributed by atoms with E-state index in [9.17, 15) is 4.79 Å². The lowest BCUT2D eigenvalue weighted by Gasteiger charge is -2.35. The number of amides is 1. The van der Waals surface area contributed by atoms with Crippen LogP contribution in [0.4, 0.5) is 0 Å². The minimum atomic E-state index is -0.0152. The highest BCUT2D eigenvalue weighted by molar-refractivity contribution is 9.09. The van der Waals surface area contributed by atoms with Crippen LogP contribution in [0.15, 0.2) is 12.3 Å². The van der Waals surface area contributed by atoms with E-state index in [1.54, 1.807) is 17.2 Å². The summed E-state index contributed by atoms with van der Waals surface area (Å²) < 4.78 is 5.67. The quantitative estimate of drug-likeness (QED) is 0.827. The standard InChI is InChI=1S/C10H14BrN3O2/c1-7-5-14(6-8(4-11)16-7)10(15)9-2-3-12-13-9/h2-3,7-8H,4-6H2,1H3,(H,12,13). The Morgan fingerprint density at radius 1 is 1.75 bits per heavy atom. The average Bonchev–Trinajstić information content (AvgIpc) is 2.80. The summed E-state index contributed by atoms with van der Waals surface area (Å²) in [5.74, 6) is -0.0152. The van der Waals surface area contributed by atoms with Gasteiger partial charge >= 0.3 is 0 Å². The molecule has 88 valence electrons. The van der Waals surface area contributed by atoms with Crippen LogP contribution < -0.4 is 0 Å². The number of carbonyl (C=O) groups is 1. The van der Waals surface area contributed by atoms with Gasteiger partial charge in [-0.3, -0.25) is 9.89 Å². The molecule has 1 aliphatic rings. The first-order valence-corrected chi connectivity index (χ1v) is 6.33. The van der Waals surface area contributed by atoms with Crippen LogP contribution in [0.1, 0.15) is 17.4 Å². The van der Waals surface area contributed by atoms with E-state index in [1.165, 1.54) is 0 Å². The van der Waals surface area contributed by atoms with Crippen molar-refractivity contribution in [1.82, 2.24) is 15.1 Å². The number of carbonyl (C=O) groups excluding carboxylic acids is 1. The molecular weight excluding hydrogens is 274 g/mol. The van der Waals surface area contributed by atoms with E-state index in [1.807, 2.05) is 6.92 Å². The first-order valence-electron chi connectivity index (χ1n) is 5.20.